The molecule has 0 spiro atoms. The summed E-state index contributed by atoms with van der Waals surface area (Å²) in [6, 6.07) is 1.43. The van der Waals surface area contributed by atoms with Crippen molar-refractivity contribution in [2.24, 2.45) is 0 Å². The molecule has 2 rings (SSSR count). The smallest absolute Gasteiger partial charge is 0.414 e. The monoisotopic (exact) mass is 341 g/mol. The summed E-state index contributed by atoms with van der Waals surface area (Å²) < 4.78 is 14.9. The van der Waals surface area contributed by atoms with Gasteiger partial charge in [-0.15, -0.1) is 0 Å². The molecule has 0 aliphatic heterocycles. The van der Waals surface area contributed by atoms with Crippen LogP contribution in [0.4, 0.5) is 10.5 Å². The molecule has 9 heteroatoms. The van der Waals surface area contributed by atoms with E-state index in [1.807, 2.05) is 0 Å². The molecule has 0 N–H and O–H groups in total. The van der Waals surface area contributed by atoms with E-state index in [0.29, 0.717) is 5.69 Å². The predicted octanol–water partition coefficient (Wildman–Crippen LogP) is 3.03. The summed E-state index contributed by atoms with van der Waals surface area (Å²) in [5.41, 5.74) is -0.0616. The Morgan fingerprint density at radius 3 is 2.52 bits per heavy atom. The van der Waals surface area contributed by atoms with Gasteiger partial charge in [0.15, 0.2) is 5.52 Å². The maximum Gasteiger partial charge on any atom is 0.414 e. The van der Waals surface area contributed by atoms with Crippen molar-refractivity contribution in [1.82, 2.24) is 10.1 Å². The molecule has 2 heterocycles. The third kappa shape index (κ3) is 3.53. The van der Waals surface area contributed by atoms with E-state index in [1.165, 1.54) is 25.1 Å². The van der Waals surface area contributed by atoms with E-state index in [0.717, 1.165) is 0 Å². The number of methoxy groups -OCH3 is 1. The van der Waals surface area contributed by atoms with Crippen molar-refractivity contribution in [3.05, 3.63) is 17.0 Å². The van der Waals surface area contributed by atoms with Crippen LogP contribution in [0.25, 0.3) is 11.0 Å². The molecule has 8 nitrogen and oxygen atoms in total. The van der Waals surface area contributed by atoms with Crippen molar-refractivity contribution >= 4 is 40.4 Å². The van der Waals surface area contributed by atoms with Gasteiger partial charge in [-0.3, -0.25) is 4.90 Å². The van der Waals surface area contributed by atoms with Crippen LogP contribution in [-0.2, 0) is 9.47 Å². The first-order valence-electron chi connectivity index (χ1n) is 6.65. The van der Waals surface area contributed by atoms with Gasteiger partial charge in [0.2, 0.25) is 0 Å². The first kappa shape index (κ1) is 17.0. The number of amides is 1. The maximum absolute atomic E-state index is 12.2. The molecule has 0 aliphatic carbocycles. The molecule has 23 heavy (non-hydrogen) atoms. The van der Waals surface area contributed by atoms with E-state index >= 15 is 0 Å². The van der Waals surface area contributed by atoms with Crippen LogP contribution in [-0.4, -0.2) is 42.0 Å². The number of aromatic nitrogens is 2. The highest BCUT2D eigenvalue weighted by Gasteiger charge is 2.27. The van der Waals surface area contributed by atoms with E-state index < -0.39 is 17.7 Å². The molecule has 0 saturated carbocycles. The summed E-state index contributed by atoms with van der Waals surface area (Å²) in [6.07, 6.45) is -0.608. The van der Waals surface area contributed by atoms with Gasteiger partial charge >= 0.3 is 12.1 Å². The average molecular weight is 342 g/mol. The molecule has 0 bridgehead atoms. The molecule has 2 aromatic rings. The predicted molar refractivity (Wildman–Crippen MR) is 82.8 cm³/mol. The second kappa shape index (κ2) is 6.04. The van der Waals surface area contributed by atoms with Crippen molar-refractivity contribution in [1.29, 1.82) is 0 Å². The highest BCUT2D eigenvalue weighted by Crippen LogP contribution is 2.30. The second-order valence-corrected chi connectivity index (χ2v) is 6.09. The lowest BCUT2D eigenvalue weighted by molar-refractivity contribution is 0.0554. The Morgan fingerprint density at radius 2 is 1.96 bits per heavy atom. The molecule has 0 aliphatic rings. The fourth-order valence-corrected chi connectivity index (χ4v) is 1.98. The fraction of sp³-hybridized carbons (Fsp3) is 0.429. The van der Waals surface area contributed by atoms with Crippen LogP contribution in [0.1, 0.15) is 31.3 Å². The largest absolute Gasteiger partial charge is 0.463 e. The summed E-state index contributed by atoms with van der Waals surface area (Å²) in [4.78, 5) is 29.1. The van der Waals surface area contributed by atoms with Crippen molar-refractivity contribution in [3.8, 4) is 0 Å². The zero-order valence-corrected chi connectivity index (χ0v) is 14.1. The number of hydrogen-bond acceptors (Lipinski definition) is 7. The third-order valence-electron chi connectivity index (χ3n) is 2.78. The van der Waals surface area contributed by atoms with E-state index in [9.17, 15) is 9.59 Å². The van der Waals surface area contributed by atoms with Crippen molar-refractivity contribution in [2.75, 3.05) is 19.1 Å². The zero-order valence-electron chi connectivity index (χ0n) is 13.3. The van der Waals surface area contributed by atoms with Gasteiger partial charge < -0.3 is 14.0 Å². The summed E-state index contributed by atoms with van der Waals surface area (Å²) >= 11 is 5.97. The number of hydrogen-bond donors (Lipinski definition) is 0. The topological polar surface area (TPSA) is 94.8 Å². The first-order valence-corrected chi connectivity index (χ1v) is 7.03. The van der Waals surface area contributed by atoms with Gasteiger partial charge in [0, 0.05) is 13.1 Å². The van der Waals surface area contributed by atoms with E-state index in [1.54, 1.807) is 20.8 Å². The Hall–Kier alpha value is -2.35. The molecule has 0 radical (unpaired) electrons. The van der Waals surface area contributed by atoms with Crippen LogP contribution in [0.5, 0.6) is 0 Å². The van der Waals surface area contributed by atoms with Crippen LogP contribution in [0, 0.1) is 0 Å². The minimum Gasteiger partial charge on any atom is -0.463 e. The summed E-state index contributed by atoms with van der Waals surface area (Å²) in [7, 11) is 2.70. The van der Waals surface area contributed by atoms with Gasteiger partial charge in [-0.2, -0.15) is 0 Å². The molecule has 0 saturated heterocycles. The minimum absolute atomic E-state index is 0.0660. The lowest BCUT2D eigenvalue weighted by Crippen LogP contribution is -2.34. The van der Waals surface area contributed by atoms with Crippen LogP contribution < -0.4 is 4.90 Å². The lowest BCUT2D eigenvalue weighted by Gasteiger charge is -2.24. The number of anilines is 1. The number of esters is 1. The molecule has 1 amide bonds. The zero-order chi connectivity index (χ0) is 17.4. The number of carbonyl (C=O) groups excluding carboxylic acids is 2. The van der Waals surface area contributed by atoms with Gasteiger partial charge in [0.25, 0.3) is 5.76 Å². The Balaban J connectivity index is 2.51. The SMILES string of the molecule is COC(=O)c1onc2c(N(C)C(=O)OC(C)(C)C)cc(Cl)nc12. The summed E-state index contributed by atoms with van der Waals surface area (Å²) in [5, 5.41) is 3.85. The highest BCUT2D eigenvalue weighted by molar-refractivity contribution is 6.30. The van der Waals surface area contributed by atoms with Gasteiger partial charge in [-0.1, -0.05) is 16.8 Å². The summed E-state index contributed by atoms with van der Waals surface area (Å²) in [5.74, 6) is -0.933. The van der Waals surface area contributed by atoms with E-state index in [4.69, 9.17) is 20.9 Å². The van der Waals surface area contributed by atoms with Gasteiger partial charge in [-0.25, -0.2) is 14.6 Å². The molecular weight excluding hydrogens is 326 g/mol. The Morgan fingerprint density at radius 1 is 1.30 bits per heavy atom. The molecular formula is C14H16ClN3O5. The molecule has 2 aromatic heterocycles. The van der Waals surface area contributed by atoms with Crippen LogP contribution in [0.2, 0.25) is 5.15 Å². The van der Waals surface area contributed by atoms with Crippen molar-refractivity contribution in [2.45, 2.75) is 26.4 Å². The highest BCUT2D eigenvalue weighted by atomic mass is 35.5. The van der Waals surface area contributed by atoms with E-state index in [2.05, 4.69) is 14.9 Å². The number of halogens is 1. The molecule has 124 valence electrons. The van der Waals surface area contributed by atoms with E-state index in [-0.39, 0.29) is 21.9 Å². The Kier molecular flexibility index (Phi) is 4.46. The molecule has 0 aromatic carbocycles. The number of nitrogens with zero attached hydrogens (tertiary/aromatic N) is 3. The molecule has 0 fully saturated rings. The summed E-state index contributed by atoms with van der Waals surface area (Å²) in [6.45, 7) is 5.25. The average Bonchev–Trinajstić information content (AvgIpc) is 2.86. The second-order valence-electron chi connectivity index (χ2n) is 5.70. The van der Waals surface area contributed by atoms with Gasteiger partial charge in [-0.05, 0) is 20.8 Å². The Labute approximate surface area is 137 Å². The Bertz CT molecular complexity index is 766. The third-order valence-corrected chi connectivity index (χ3v) is 2.98. The number of carbonyl (C=O) groups is 2. The standard InChI is InChI=1S/C14H16ClN3O5/c1-14(2,3)22-13(20)18(4)7-6-8(15)16-10-9(7)17-23-11(10)12(19)21-5/h6H,1-5H3. The van der Waals surface area contributed by atoms with Crippen LogP contribution in [0.3, 0.4) is 0 Å². The quantitative estimate of drug-likeness (QED) is 0.612. The molecule has 0 atom stereocenters. The van der Waals surface area contributed by atoms with Crippen molar-refractivity contribution in [3.63, 3.8) is 0 Å². The van der Waals surface area contributed by atoms with Crippen LogP contribution in [0.15, 0.2) is 10.6 Å². The maximum atomic E-state index is 12.2. The minimum atomic E-state index is -0.742. The lowest BCUT2D eigenvalue weighted by atomic mass is 10.2. The number of pyridine rings is 1. The normalized spacial score (nSPS) is 11.4. The fourth-order valence-electron chi connectivity index (χ4n) is 1.79. The van der Waals surface area contributed by atoms with Crippen molar-refractivity contribution < 1.29 is 23.6 Å². The number of fused-ring (bicyclic) bond motifs is 1. The van der Waals surface area contributed by atoms with Gasteiger partial charge in [0.1, 0.15) is 16.3 Å². The first-order chi connectivity index (χ1) is 10.6. The molecule has 0 unspecified atom stereocenters. The van der Waals surface area contributed by atoms with Gasteiger partial charge in [0.05, 0.1) is 12.8 Å². The number of rotatable bonds is 2. The van der Waals surface area contributed by atoms with Crippen LogP contribution >= 0.6 is 11.6 Å². The number of ether oxygens (including phenoxy) is 2.